The summed E-state index contributed by atoms with van der Waals surface area (Å²) in [5.74, 6) is 1.38. The van der Waals surface area contributed by atoms with Crippen LogP contribution in [-0.2, 0) is 0 Å². The van der Waals surface area contributed by atoms with Crippen molar-refractivity contribution in [1.29, 1.82) is 0 Å². The Kier molecular flexibility index (Phi) is 6.53. The molecule has 27 heavy (non-hydrogen) atoms. The monoisotopic (exact) mass is 471 g/mol. The van der Waals surface area contributed by atoms with Gasteiger partial charge in [-0.25, -0.2) is 0 Å². The third-order valence-electron chi connectivity index (χ3n) is 4.40. The summed E-state index contributed by atoms with van der Waals surface area (Å²) in [6, 6.07) is 24.1. The summed E-state index contributed by atoms with van der Waals surface area (Å²) >= 11 is 2.30. The molecule has 1 unspecified atom stereocenters. The van der Waals surface area contributed by atoms with Crippen molar-refractivity contribution in [2.24, 2.45) is 5.73 Å². The highest BCUT2D eigenvalue weighted by Gasteiger charge is 2.19. The van der Waals surface area contributed by atoms with Crippen LogP contribution >= 0.6 is 22.6 Å². The molecule has 0 amide bonds. The van der Waals surface area contributed by atoms with Crippen LogP contribution in [0.4, 0.5) is 0 Å². The first-order valence-electron chi connectivity index (χ1n) is 8.63. The molecule has 3 rings (SSSR count). The molecule has 3 aromatic carbocycles. The molecule has 0 fully saturated rings. The lowest BCUT2D eigenvalue weighted by atomic mass is 9.91. The Morgan fingerprint density at radius 2 is 1.44 bits per heavy atom. The maximum Gasteiger partial charge on any atom is 0.161 e. The van der Waals surface area contributed by atoms with Crippen LogP contribution in [0.25, 0.3) is 11.6 Å². The molecule has 0 saturated heterocycles. The number of rotatable bonds is 6. The van der Waals surface area contributed by atoms with Crippen LogP contribution in [0.2, 0.25) is 0 Å². The van der Waals surface area contributed by atoms with E-state index >= 15 is 0 Å². The lowest BCUT2D eigenvalue weighted by molar-refractivity contribution is 0.354. The molecule has 4 heteroatoms. The van der Waals surface area contributed by atoms with Gasteiger partial charge in [-0.3, -0.25) is 0 Å². The summed E-state index contributed by atoms with van der Waals surface area (Å²) < 4.78 is 11.9. The molecule has 0 aromatic heterocycles. The van der Waals surface area contributed by atoms with Crippen LogP contribution in [0.1, 0.15) is 22.7 Å². The molecule has 0 aliphatic rings. The molecule has 0 spiro atoms. The topological polar surface area (TPSA) is 44.5 Å². The maximum atomic E-state index is 6.77. The molecule has 1 atom stereocenters. The van der Waals surface area contributed by atoms with Crippen LogP contribution in [0.5, 0.6) is 11.5 Å². The van der Waals surface area contributed by atoms with Gasteiger partial charge in [-0.2, -0.15) is 0 Å². The quantitative estimate of drug-likeness (QED) is 0.379. The number of hydrogen-bond donors (Lipinski definition) is 1. The van der Waals surface area contributed by atoms with Crippen molar-refractivity contribution in [2.45, 2.75) is 6.04 Å². The average Bonchev–Trinajstić information content (AvgIpc) is 2.72. The summed E-state index contributed by atoms with van der Waals surface area (Å²) in [5, 5.41) is 0. The van der Waals surface area contributed by atoms with Crippen molar-refractivity contribution in [3.05, 3.63) is 93.1 Å². The van der Waals surface area contributed by atoms with E-state index in [2.05, 4.69) is 52.9 Å². The summed E-state index contributed by atoms with van der Waals surface area (Å²) in [7, 11) is 3.27. The van der Waals surface area contributed by atoms with Gasteiger partial charge in [-0.15, -0.1) is 0 Å². The molecule has 138 valence electrons. The zero-order valence-electron chi connectivity index (χ0n) is 15.4. The summed E-state index contributed by atoms with van der Waals surface area (Å²) in [5.41, 5.74) is 11.0. The van der Waals surface area contributed by atoms with Crippen LogP contribution in [0, 0.1) is 3.57 Å². The Bertz CT molecular complexity index is 924. The van der Waals surface area contributed by atoms with Crippen molar-refractivity contribution in [3.63, 3.8) is 0 Å². The molecule has 3 aromatic rings. The number of hydrogen-bond acceptors (Lipinski definition) is 3. The van der Waals surface area contributed by atoms with Crippen LogP contribution < -0.4 is 15.2 Å². The Balaban J connectivity index is 2.12. The van der Waals surface area contributed by atoms with Crippen LogP contribution in [0.15, 0.2) is 72.8 Å². The van der Waals surface area contributed by atoms with Crippen molar-refractivity contribution >= 4 is 34.2 Å². The average molecular weight is 471 g/mol. The van der Waals surface area contributed by atoms with Crippen molar-refractivity contribution in [2.75, 3.05) is 14.2 Å². The molecule has 0 saturated carbocycles. The minimum atomic E-state index is -0.306. The largest absolute Gasteiger partial charge is 0.493 e. The molecule has 0 aliphatic carbocycles. The third-order valence-corrected chi connectivity index (χ3v) is 5.34. The van der Waals surface area contributed by atoms with Crippen LogP contribution in [0.3, 0.4) is 0 Å². The van der Waals surface area contributed by atoms with E-state index in [9.17, 15) is 0 Å². The normalized spacial score (nSPS) is 12.5. The first-order chi connectivity index (χ1) is 13.1. The summed E-state index contributed by atoms with van der Waals surface area (Å²) in [4.78, 5) is 0. The zero-order valence-corrected chi connectivity index (χ0v) is 17.5. The first-order valence-corrected chi connectivity index (χ1v) is 9.71. The highest BCUT2D eigenvalue weighted by atomic mass is 127. The lowest BCUT2D eigenvalue weighted by Crippen LogP contribution is -2.14. The van der Waals surface area contributed by atoms with Gasteiger partial charge in [0.25, 0.3) is 0 Å². The van der Waals surface area contributed by atoms with Gasteiger partial charge in [-0.05, 0) is 63.1 Å². The van der Waals surface area contributed by atoms with E-state index in [-0.39, 0.29) is 6.04 Å². The van der Waals surface area contributed by atoms with E-state index in [0.29, 0.717) is 11.5 Å². The van der Waals surface area contributed by atoms with E-state index in [1.807, 2.05) is 48.5 Å². The second kappa shape index (κ2) is 9.06. The molecular formula is C23H22INO2. The molecule has 0 aliphatic heterocycles. The summed E-state index contributed by atoms with van der Waals surface area (Å²) in [6.45, 7) is 0. The van der Waals surface area contributed by atoms with E-state index < -0.39 is 0 Å². The van der Waals surface area contributed by atoms with E-state index in [4.69, 9.17) is 15.2 Å². The second-order valence-corrected chi connectivity index (χ2v) is 7.24. The fourth-order valence-electron chi connectivity index (χ4n) is 2.99. The van der Waals surface area contributed by atoms with Gasteiger partial charge in [0.1, 0.15) is 0 Å². The number of nitrogens with two attached hydrogens (primary N) is 1. The fraction of sp³-hybridized carbons (Fsp3) is 0.130. The number of halogens is 1. The highest BCUT2D eigenvalue weighted by molar-refractivity contribution is 14.1. The Morgan fingerprint density at radius 3 is 2.04 bits per heavy atom. The van der Waals surface area contributed by atoms with E-state index in [1.54, 1.807) is 14.2 Å². The third kappa shape index (κ3) is 4.51. The van der Waals surface area contributed by atoms with Gasteiger partial charge in [0.05, 0.1) is 20.3 Å². The Morgan fingerprint density at radius 1 is 0.889 bits per heavy atom. The van der Waals surface area contributed by atoms with E-state index in [0.717, 1.165) is 25.8 Å². The van der Waals surface area contributed by atoms with E-state index in [1.165, 1.54) is 0 Å². The van der Waals surface area contributed by atoms with Gasteiger partial charge in [-0.1, -0.05) is 60.7 Å². The number of ether oxygens (including phenoxy) is 2. The van der Waals surface area contributed by atoms with Gasteiger partial charge in [0.15, 0.2) is 11.5 Å². The molecule has 0 radical (unpaired) electrons. The highest BCUT2D eigenvalue weighted by Crippen LogP contribution is 2.38. The molecular weight excluding hydrogens is 449 g/mol. The minimum absolute atomic E-state index is 0.306. The Labute approximate surface area is 174 Å². The molecule has 2 N–H and O–H groups in total. The SMILES string of the molecule is COc1cc(I)c(C(N)C(=Cc2ccccc2)c2ccccc2)cc1OC. The minimum Gasteiger partial charge on any atom is -0.493 e. The predicted molar refractivity (Wildman–Crippen MR) is 120 cm³/mol. The summed E-state index contributed by atoms with van der Waals surface area (Å²) in [6.07, 6.45) is 2.15. The van der Waals surface area contributed by atoms with Crippen molar-refractivity contribution in [1.82, 2.24) is 0 Å². The van der Waals surface area contributed by atoms with Crippen molar-refractivity contribution in [3.8, 4) is 11.5 Å². The van der Waals surface area contributed by atoms with Gasteiger partial charge in [0, 0.05) is 3.57 Å². The van der Waals surface area contributed by atoms with Gasteiger partial charge >= 0.3 is 0 Å². The Hall–Kier alpha value is -2.31. The molecule has 0 bridgehead atoms. The molecule has 0 heterocycles. The smallest absolute Gasteiger partial charge is 0.161 e. The predicted octanol–water partition coefficient (Wildman–Crippen LogP) is 5.55. The standard InChI is InChI=1S/C23H22INO2/c1-26-21-14-19(20(24)15-22(21)27-2)23(25)18(17-11-7-4-8-12-17)13-16-9-5-3-6-10-16/h3-15,23H,25H2,1-2H3. The lowest BCUT2D eigenvalue weighted by Gasteiger charge is -2.20. The maximum absolute atomic E-state index is 6.77. The van der Waals surface area contributed by atoms with Gasteiger partial charge < -0.3 is 15.2 Å². The van der Waals surface area contributed by atoms with Crippen molar-refractivity contribution < 1.29 is 9.47 Å². The van der Waals surface area contributed by atoms with Gasteiger partial charge in [0.2, 0.25) is 0 Å². The zero-order chi connectivity index (χ0) is 19.2. The second-order valence-electron chi connectivity index (χ2n) is 6.08. The molecule has 3 nitrogen and oxygen atoms in total. The first kappa shape index (κ1) is 19.5. The van der Waals surface area contributed by atoms with Crippen LogP contribution in [-0.4, -0.2) is 14.2 Å². The number of benzene rings is 3. The fourth-order valence-corrected chi connectivity index (χ4v) is 3.76. The number of methoxy groups -OCH3 is 2.